The Labute approximate surface area is 128 Å². The van der Waals surface area contributed by atoms with Crippen molar-refractivity contribution in [1.29, 1.82) is 0 Å². The Balaban J connectivity index is 2.55. The molecule has 1 aromatic carbocycles. The lowest BCUT2D eigenvalue weighted by molar-refractivity contribution is 0.243. The van der Waals surface area contributed by atoms with Crippen molar-refractivity contribution in [2.24, 2.45) is 5.41 Å². The zero-order chi connectivity index (χ0) is 15.4. The summed E-state index contributed by atoms with van der Waals surface area (Å²) in [5.74, 6) is 0.774. The van der Waals surface area contributed by atoms with Crippen LogP contribution in [0.4, 0.5) is 0 Å². The van der Waals surface area contributed by atoms with Gasteiger partial charge in [-0.25, -0.2) is 0 Å². The van der Waals surface area contributed by atoms with E-state index in [4.69, 9.17) is 16.3 Å². The molecule has 1 aromatic rings. The SMILES string of the molecule is CC(C)(C)CCOc1ccc(CNC(C)(C)C)cc1Cl. The highest BCUT2D eigenvalue weighted by atomic mass is 35.5. The van der Waals surface area contributed by atoms with E-state index in [9.17, 15) is 0 Å². The van der Waals surface area contributed by atoms with Crippen LogP contribution in [0.2, 0.25) is 5.02 Å². The number of hydrogen-bond donors (Lipinski definition) is 1. The highest BCUT2D eigenvalue weighted by Gasteiger charge is 2.12. The van der Waals surface area contributed by atoms with Crippen molar-refractivity contribution < 1.29 is 4.74 Å². The number of benzene rings is 1. The fourth-order valence-corrected chi connectivity index (χ4v) is 1.86. The quantitative estimate of drug-likeness (QED) is 0.822. The average Bonchev–Trinajstić information content (AvgIpc) is 2.26. The molecule has 0 aromatic heterocycles. The van der Waals surface area contributed by atoms with Crippen molar-refractivity contribution in [2.75, 3.05) is 6.61 Å². The largest absolute Gasteiger partial charge is 0.492 e. The summed E-state index contributed by atoms with van der Waals surface area (Å²) in [5, 5.41) is 4.14. The molecule has 0 aliphatic heterocycles. The van der Waals surface area contributed by atoms with Gasteiger partial charge < -0.3 is 10.1 Å². The van der Waals surface area contributed by atoms with Gasteiger partial charge in [0.1, 0.15) is 5.75 Å². The molecule has 114 valence electrons. The van der Waals surface area contributed by atoms with Crippen LogP contribution in [-0.2, 0) is 6.54 Å². The van der Waals surface area contributed by atoms with Crippen LogP contribution in [0.1, 0.15) is 53.5 Å². The minimum Gasteiger partial charge on any atom is -0.492 e. The Morgan fingerprint density at radius 2 is 1.75 bits per heavy atom. The maximum atomic E-state index is 6.28. The molecule has 0 fully saturated rings. The van der Waals surface area contributed by atoms with Gasteiger partial charge in [-0.05, 0) is 50.3 Å². The fraction of sp³-hybridized carbons (Fsp3) is 0.647. The van der Waals surface area contributed by atoms with E-state index in [0.29, 0.717) is 11.6 Å². The van der Waals surface area contributed by atoms with E-state index >= 15 is 0 Å². The second kappa shape index (κ2) is 6.82. The highest BCUT2D eigenvalue weighted by molar-refractivity contribution is 6.32. The van der Waals surface area contributed by atoms with Gasteiger partial charge in [-0.1, -0.05) is 38.4 Å². The Morgan fingerprint density at radius 1 is 1.10 bits per heavy atom. The van der Waals surface area contributed by atoms with Crippen LogP contribution < -0.4 is 10.1 Å². The summed E-state index contributed by atoms with van der Waals surface area (Å²) >= 11 is 6.28. The Kier molecular flexibility index (Phi) is 5.91. The molecule has 0 atom stereocenters. The molecule has 0 bridgehead atoms. The highest BCUT2D eigenvalue weighted by Crippen LogP contribution is 2.27. The summed E-state index contributed by atoms with van der Waals surface area (Å²) in [4.78, 5) is 0. The molecule has 0 amide bonds. The van der Waals surface area contributed by atoms with E-state index in [-0.39, 0.29) is 11.0 Å². The van der Waals surface area contributed by atoms with Crippen LogP contribution in [0.25, 0.3) is 0 Å². The molecular weight excluding hydrogens is 270 g/mol. The molecule has 0 heterocycles. The van der Waals surface area contributed by atoms with Gasteiger partial charge in [-0.15, -0.1) is 0 Å². The monoisotopic (exact) mass is 297 g/mol. The van der Waals surface area contributed by atoms with Crippen molar-refractivity contribution in [3.05, 3.63) is 28.8 Å². The summed E-state index contributed by atoms with van der Waals surface area (Å²) in [7, 11) is 0. The zero-order valence-corrected chi connectivity index (χ0v) is 14.4. The molecule has 0 radical (unpaired) electrons. The predicted molar refractivity (Wildman–Crippen MR) is 87.6 cm³/mol. The predicted octanol–water partition coefficient (Wildman–Crippen LogP) is 5.04. The van der Waals surface area contributed by atoms with Gasteiger partial charge in [0, 0.05) is 12.1 Å². The molecule has 1 rings (SSSR count). The van der Waals surface area contributed by atoms with Gasteiger partial charge in [0.05, 0.1) is 11.6 Å². The van der Waals surface area contributed by atoms with Crippen molar-refractivity contribution in [3.63, 3.8) is 0 Å². The molecule has 0 aliphatic rings. The lowest BCUT2D eigenvalue weighted by atomic mass is 9.93. The summed E-state index contributed by atoms with van der Waals surface area (Å²) < 4.78 is 5.76. The summed E-state index contributed by atoms with van der Waals surface area (Å²) in [6, 6.07) is 6.01. The van der Waals surface area contributed by atoms with Gasteiger partial charge in [0.25, 0.3) is 0 Å². The molecule has 0 saturated carbocycles. The normalized spacial score (nSPS) is 12.6. The molecule has 20 heavy (non-hydrogen) atoms. The number of hydrogen-bond acceptors (Lipinski definition) is 2. The van der Waals surface area contributed by atoms with Crippen molar-refractivity contribution >= 4 is 11.6 Å². The molecule has 0 spiro atoms. The van der Waals surface area contributed by atoms with Crippen molar-refractivity contribution in [1.82, 2.24) is 5.32 Å². The molecule has 3 heteroatoms. The smallest absolute Gasteiger partial charge is 0.137 e. The number of rotatable bonds is 5. The van der Waals surface area contributed by atoms with Crippen LogP contribution >= 0.6 is 11.6 Å². The molecule has 0 aliphatic carbocycles. The van der Waals surface area contributed by atoms with Crippen molar-refractivity contribution in [3.8, 4) is 5.75 Å². The topological polar surface area (TPSA) is 21.3 Å². The number of ether oxygens (including phenoxy) is 1. The van der Waals surface area contributed by atoms with E-state index in [1.807, 2.05) is 12.1 Å². The number of nitrogens with one attached hydrogen (secondary N) is 1. The van der Waals surface area contributed by atoms with E-state index in [1.54, 1.807) is 0 Å². The Hall–Kier alpha value is -0.730. The van der Waals surface area contributed by atoms with E-state index < -0.39 is 0 Å². The Bertz CT molecular complexity index is 430. The zero-order valence-electron chi connectivity index (χ0n) is 13.6. The lowest BCUT2D eigenvalue weighted by Crippen LogP contribution is -2.35. The molecule has 0 saturated heterocycles. The third-order valence-corrected chi connectivity index (χ3v) is 3.22. The van der Waals surface area contributed by atoms with Gasteiger partial charge in [0.2, 0.25) is 0 Å². The third-order valence-electron chi connectivity index (χ3n) is 2.93. The van der Waals surface area contributed by atoms with Gasteiger partial charge in [0.15, 0.2) is 0 Å². The lowest BCUT2D eigenvalue weighted by Gasteiger charge is -2.21. The first kappa shape index (κ1) is 17.3. The maximum Gasteiger partial charge on any atom is 0.137 e. The second-order valence-corrected chi connectivity index (χ2v) is 7.93. The fourth-order valence-electron chi connectivity index (χ4n) is 1.61. The summed E-state index contributed by atoms with van der Waals surface area (Å²) in [6.45, 7) is 14.6. The standard InChI is InChI=1S/C17H28ClNO/c1-16(2,3)9-10-20-15-8-7-13(11-14(15)18)12-19-17(4,5)6/h7-8,11,19H,9-10,12H2,1-6H3. The number of halogens is 1. The third kappa shape index (κ3) is 7.16. The van der Waals surface area contributed by atoms with Gasteiger partial charge >= 0.3 is 0 Å². The van der Waals surface area contributed by atoms with E-state index in [0.717, 1.165) is 18.7 Å². The molecular formula is C17H28ClNO. The minimum absolute atomic E-state index is 0.106. The average molecular weight is 298 g/mol. The summed E-state index contributed by atoms with van der Waals surface area (Å²) in [6.07, 6.45) is 1.01. The van der Waals surface area contributed by atoms with Gasteiger partial charge in [-0.2, -0.15) is 0 Å². The Morgan fingerprint density at radius 3 is 2.25 bits per heavy atom. The first-order chi connectivity index (χ1) is 9.07. The van der Waals surface area contributed by atoms with E-state index in [1.165, 1.54) is 5.56 Å². The molecule has 1 N–H and O–H groups in total. The molecule has 2 nitrogen and oxygen atoms in total. The van der Waals surface area contributed by atoms with Gasteiger partial charge in [-0.3, -0.25) is 0 Å². The summed E-state index contributed by atoms with van der Waals surface area (Å²) in [5.41, 5.74) is 1.56. The first-order valence-corrected chi connectivity index (χ1v) is 7.61. The van der Waals surface area contributed by atoms with Crippen LogP contribution in [0, 0.1) is 5.41 Å². The van der Waals surface area contributed by atoms with Crippen LogP contribution in [-0.4, -0.2) is 12.1 Å². The van der Waals surface area contributed by atoms with Crippen molar-refractivity contribution in [2.45, 2.75) is 60.0 Å². The maximum absolute atomic E-state index is 6.28. The van der Waals surface area contributed by atoms with Crippen LogP contribution in [0.5, 0.6) is 5.75 Å². The first-order valence-electron chi connectivity index (χ1n) is 7.23. The van der Waals surface area contributed by atoms with E-state index in [2.05, 4.69) is 52.9 Å². The second-order valence-electron chi connectivity index (χ2n) is 7.53. The van der Waals surface area contributed by atoms with Crippen LogP contribution in [0.15, 0.2) is 18.2 Å². The van der Waals surface area contributed by atoms with Crippen LogP contribution in [0.3, 0.4) is 0 Å². The minimum atomic E-state index is 0.106. The molecule has 0 unspecified atom stereocenters.